The summed E-state index contributed by atoms with van der Waals surface area (Å²) in [6, 6.07) is 0. The molecule has 0 bridgehead atoms. The molecule has 1 rings (SSSR count). The van der Waals surface area contributed by atoms with E-state index in [4.69, 9.17) is 4.42 Å². The van der Waals surface area contributed by atoms with Crippen molar-refractivity contribution in [1.29, 1.82) is 0 Å². The number of nitrogens with one attached hydrogen (secondary N) is 1. The molecule has 0 radical (unpaired) electrons. The first kappa shape index (κ1) is 12.2. The molecule has 1 heterocycles. The maximum absolute atomic E-state index is 11.6. The highest BCUT2D eigenvalue weighted by Crippen LogP contribution is 2.31. The van der Waals surface area contributed by atoms with E-state index in [2.05, 4.69) is 10.3 Å². The summed E-state index contributed by atoms with van der Waals surface area (Å²) in [5.74, 6) is 0.402. The molecule has 6 heteroatoms. The van der Waals surface area contributed by atoms with Crippen molar-refractivity contribution in [2.24, 2.45) is 0 Å². The average molecular weight is 232 g/mol. The third kappa shape index (κ3) is 2.21. The number of nitrogens with zero attached hydrogens (tertiary/aromatic N) is 1. The molecule has 0 aromatic carbocycles. The predicted octanol–water partition coefficient (Wildman–Crippen LogP) is 0.674. The minimum atomic E-state index is -3.23. The van der Waals surface area contributed by atoms with Crippen LogP contribution >= 0.6 is 0 Å². The zero-order chi connectivity index (χ0) is 11.7. The zero-order valence-corrected chi connectivity index (χ0v) is 10.2. The highest BCUT2D eigenvalue weighted by Gasteiger charge is 2.37. The molecule has 15 heavy (non-hydrogen) atoms. The van der Waals surface area contributed by atoms with E-state index >= 15 is 0 Å². The molecule has 0 unspecified atom stereocenters. The summed E-state index contributed by atoms with van der Waals surface area (Å²) in [7, 11) is -1.46. The second kappa shape index (κ2) is 3.94. The van der Waals surface area contributed by atoms with Crippen LogP contribution in [0.5, 0.6) is 0 Å². The molecule has 1 N–H and O–H groups in total. The SMILES string of the molecule is CNCc1ncoc1C(C)(C)S(C)(=O)=O. The molecule has 0 aliphatic heterocycles. The smallest absolute Gasteiger partial charge is 0.181 e. The summed E-state index contributed by atoms with van der Waals surface area (Å²) < 4.78 is 27.3. The summed E-state index contributed by atoms with van der Waals surface area (Å²) >= 11 is 0. The van der Waals surface area contributed by atoms with Crippen LogP contribution in [0.4, 0.5) is 0 Å². The lowest BCUT2D eigenvalue weighted by Gasteiger charge is -2.20. The molecule has 0 amide bonds. The van der Waals surface area contributed by atoms with Crippen LogP contribution in [0.2, 0.25) is 0 Å². The molecule has 0 saturated heterocycles. The molecule has 0 spiro atoms. The van der Waals surface area contributed by atoms with Crippen LogP contribution in [0.1, 0.15) is 25.3 Å². The fraction of sp³-hybridized carbons (Fsp3) is 0.667. The molecular formula is C9H16N2O3S. The Labute approximate surface area is 89.8 Å². The Bertz CT molecular complexity index is 434. The Morgan fingerprint density at radius 3 is 2.60 bits per heavy atom. The summed E-state index contributed by atoms with van der Waals surface area (Å²) in [5.41, 5.74) is 0.632. The third-order valence-corrected chi connectivity index (χ3v) is 4.50. The van der Waals surface area contributed by atoms with Crippen LogP contribution in [-0.2, 0) is 21.1 Å². The average Bonchev–Trinajstić information content (AvgIpc) is 2.51. The highest BCUT2D eigenvalue weighted by atomic mass is 32.2. The molecule has 86 valence electrons. The van der Waals surface area contributed by atoms with E-state index in [0.717, 1.165) is 0 Å². The Balaban J connectivity index is 3.21. The van der Waals surface area contributed by atoms with Crippen molar-refractivity contribution in [3.63, 3.8) is 0 Å². The van der Waals surface area contributed by atoms with E-state index in [1.54, 1.807) is 20.9 Å². The maximum Gasteiger partial charge on any atom is 0.181 e. The molecule has 0 aliphatic carbocycles. The van der Waals surface area contributed by atoms with Gasteiger partial charge in [0.15, 0.2) is 16.2 Å². The van der Waals surface area contributed by atoms with Gasteiger partial charge in [-0.05, 0) is 20.9 Å². The number of hydrogen-bond donors (Lipinski definition) is 1. The van der Waals surface area contributed by atoms with E-state index < -0.39 is 14.6 Å². The van der Waals surface area contributed by atoms with Crippen molar-refractivity contribution in [1.82, 2.24) is 10.3 Å². The van der Waals surface area contributed by atoms with Crippen LogP contribution < -0.4 is 5.32 Å². The zero-order valence-electron chi connectivity index (χ0n) is 9.36. The number of aromatic nitrogens is 1. The Hall–Kier alpha value is -0.880. The van der Waals surface area contributed by atoms with Gasteiger partial charge in [-0.3, -0.25) is 0 Å². The van der Waals surface area contributed by atoms with E-state index in [1.807, 2.05) is 0 Å². The lowest BCUT2D eigenvalue weighted by Crippen LogP contribution is -2.29. The topological polar surface area (TPSA) is 72.2 Å². The lowest BCUT2D eigenvalue weighted by molar-refractivity contribution is 0.441. The molecule has 1 aromatic heterocycles. The van der Waals surface area contributed by atoms with Gasteiger partial charge in [-0.2, -0.15) is 0 Å². The first-order valence-corrected chi connectivity index (χ1v) is 6.47. The van der Waals surface area contributed by atoms with Gasteiger partial charge in [-0.25, -0.2) is 13.4 Å². The van der Waals surface area contributed by atoms with Gasteiger partial charge in [0.25, 0.3) is 0 Å². The lowest BCUT2D eigenvalue weighted by atomic mass is 10.1. The van der Waals surface area contributed by atoms with Gasteiger partial charge in [0.2, 0.25) is 0 Å². The van der Waals surface area contributed by atoms with E-state index in [-0.39, 0.29) is 0 Å². The van der Waals surface area contributed by atoms with Gasteiger partial charge in [0, 0.05) is 12.8 Å². The van der Waals surface area contributed by atoms with Gasteiger partial charge < -0.3 is 9.73 Å². The first-order valence-electron chi connectivity index (χ1n) is 4.57. The standard InChI is InChI=1S/C9H16N2O3S/c1-9(2,15(4,12)13)8-7(5-10-3)11-6-14-8/h6,10H,5H2,1-4H3. The summed E-state index contributed by atoms with van der Waals surface area (Å²) in [6.45, 7) is 3.72. The van der Waals surface area contributed by atoms with Crippen molar-refractivity contribution in [3.8, 4) is 0 Å². The van der Waals surface area contributed by atoms with E-state index in [0.29, 0.717) is 18.0 Å². The van der Waals surface area contributed by atoms with Crippen LogP contribution in [0.15, 0.2) is 10.8 Å². The fourth-order valence-electron chi connectivity index (χ4n) is 1.22. The number of hydrogen-bond acceptors (Lipinski definition) is 5. The highest BCUT2D eigenvalue weighted by molar-refractivity contribution is 7.91. The normalized spacial score (nSPS) is 13.1. The monoisotopic (exact) mass is 232 g/mol. The Morgan fingerprint density at radius 1 is 1.53 bits per heavy atom. The van der Waals surface area contributed by atoms with Gasteiger partial charge in [-0.15, -0.1) is 0 Å². The van der Waals surface area contributed by atoms with Crippen LogP contribution in [-0.4, -0.2) is 26.7 Å². The van der Waals surface area contributed by atoms with Crippen molar-refractivity contribution in [3.05, 3.63) is 17.8 Å². The van der Waals surface area contributed by atoms with E-state index in [9.17, 15) is 8.42 Å². The van der Waals surface area contributed by atoms with Crippen LogP contribution in [0, 0.1) is 0 Å². The van der Waals surface area contributed by atoms with Gasteiger partial charge >= 0.3 is 0 Å². The van der Waals surface area contributed by atoms with Gasteiger partial charge in [0.1, 0.15) is 10.5 Å². The van der Waals surface area contributed by atoms with Crippen LogP contribution in [0.25, 0.3) is 0 Å². The molecule has 0 fully saturated rings. The Morgan fingerprint density at radius 2 is 2.13 bits per heavy atom. The van der Waals surface area contributed by atoms with Gasteiger partial charge in [0.05, 0.1) is 5.69 Å². The fourth-order valence-corrected chi connectivity index (χ4v) is 1.72. The Kier molecular flexibility index (Phi) is 3.20. The first-order chi connectivity index (χ1) is 6.80. The van der Waals surface area contributed by atoms with Crippen molar-refractivity contribution < 1.29 is 12.8 Å². The molecule has 0 aliphatic rings. The summed E-state index contributed by atoms with van der Waals surface area (Å²) in [4.78, 5) is 3.99. The van der Waals surface area contributed by atoms with Crippen molar-refractivity contribution >= 4 is 9.84 Å². The quantitative estimate of drug-likeness (QED) is 0.826. The molecule has 5 nitrogen and oxygen atoms in total. The third-order valence-electron chi connectivity index (χ3n) is 2.46. The second-order valence-corrected chi connectivity index (χ2v) is 6.51. The number of rotatable bonds is 4. The molecule has 0 atom stereocenters. The number of oxazole rings is 1. The minimum Gasteiger partial charge on any atom is -0.446 e. The van der Waals surface area contributed by atoms with Crippen LogP contribution in [0.3, 0.4) is 0 Å². The van der Waals surface area contributed by atoms with Gasteiger partial charge in [-0.1, -0.05) is 0 Å². The van der Waals surface area contributed by atoms with E-state index in [1.165, 1.54) is 12.6 Å². The molecule has 0 saturated carbocycles. The predicted molar refractivity (Wildman–Crippen MR) is 57.1 cm³/mol. The largest absolute Gasteiger partial charge is 0.446 e. The second-order valence-electron chi connectivity index (χ2n) is 3.94. The van der Waals surface area contributed by atoms with Crippen molar-refractivity contribution in [2.75, 3.05) is 13.3 Å². The molecular weight excluding hydrogens is 216 g/mol. The summed E-state index contributed by atoms with van der Waals surface area (Å²) in [5, 5.41) is 2.92. The summed E-state index contributed by atoms with van der Waals surface area (Å²) in [6.07, 6.45) is 2.47. The minimum absolute atomic E-state index is 0.402. The maximum atomic E-state index is 11.6. The van der Waals surface area contributed by atoms with Crippen molar-refractivity contribution in [2.45, 2.75) is 25.1 Å². The number of sulfone groups is 1. The molecule has 1 aromatic rings.